The molecule has 0 radical (unpaired) electrons. The van der Waals surface area contributed by atoms with Crippen LogP contribution in [0.2, 0.25) is 0 Å². The number of alkyl halides is 3. The molecule has 1 amide bonds. The Morgan fingerprint density at radius 2 is 1.84 bits per heavy atom. The number of aromatic carboxylic acids is 1. The van der Waals surface area contributed by atoms with Crippen molar-refractivity contribution in [3.8, 4) is 27.5 Å². The fourth-order valence-electron chi connectivity index (χ4n) is 3.54. The van der Waals surface area contributed by atoms with Crippen LogP contribution in [0.15, 0.2) is 52.7 Å². The van der Waals surface area contributed by atoms with Crippen molar-refractivity contribution in [2.24, 2.45) is 0 Å². The normalized spacial score (nSPS) is 11.5. The van der Waals surface area contributed by atoms with E-state index in [-0.39, 0.29) is 33.7 Å². The molecule has 2 heterocycles. The minimum atomic E-state index is -4.52. The summed E-state index contributed by atoms with van der Waals surface area (Å²) in [7, 11) is 1.47. The number of amides is 1. The highest BCUT2D eigenvalue weighted by atomic mass is 32.2. The molecule has 2 aromatic carbocycles. The van der Waals surface area contributed by atoms with Gasteiger partial charge in [-0.15, -0.1) is 11.8 Å². The van der Waals surface area contributed by atoms with Gasteiger partial charge in [-0.3, -0.25) is 4.79 Å². The van der Waals surface area contributed by atoms with Gasteiger partial charge in [-0.05, 0) is 36.8 Å². The van der Waals surface area contributed by atoms with Crippen molar-refractivity contribution in [3.63, 3.8) is 0 Å². The summed E-state index contributed by atoms with van der Waals surface area (Å²) < 4.78 is 54.6. The maximum atomic E-state index is 13.9. The molecule has 7 nitrogen and oxygen atoms in total. The standard InChI is InChI=1S/C24H18F4N4O3S2/c1-12-18(14-4-3-5-16(25)10-14)20(21(34)35)32(31-12)23-30-19(22(37-23)36-11-17(33)29-2)13-6-8-15(9-7-13)24(26,27)28/h3-10H,11H2,1-2H3,(H,29,33)(H,34,35). The van der Waals surface area contributed by atoms with Crippen molar-refractivity contribution in [1.29, 1.82) is 0 Å². The maximum absolute atomic E-state index is 13.9. The van der Waals surface area contributed by atoms with E-state index >= 15 is 0 Å². The van der Waals surface area contributed by atoms with Crippen LogP contribution < -0.4 is 5.32 Å². The summed E-state index contributed by atoms with van der Waals surface area (Å²) in [5, 5.41) is 17.0. The van der Waals surface area contributed by atoms with Crippen LogP contribution in [-0.4, -0.2) is 44.5 Å². The predicted molar refractivity (Wildman–Crippen MR) is 132 cm³/mol. The number of nitrogens with zero attached hydrogens (tertiary/aromatic N) is 3. The zero-order valence-electron chi connectivity index (χ0n) is 19.3. The van der Waals surface area contributed by atoms with Gasteiger partial charge < -0.3 is 10.4 Å². The second-order valence-corrected chi connectivity index (χ2v) is 9.93. The smallest absolute Gasteiger partial charge is 0.416 e. The number of carboxylic acid groups (broad SMARTS) is 1. The fourth-order valence-corrected chi connectivity index (χ4v) is 5.66. The Kier molecular flexibility index (Phi) is 7.37. The molecule has 0 saturated heterocycles. The molecular weight excluding hydrogens is 532 g/mol. The number of benzene rings is 2. The molecule has 4 aromatic rings. The molecule has 0 fully saturated rings. The Labute approximate surface area is 216 Å². The number of rotatable bonds is 7. The first-order chi connectivity index (χ1) is 17.5. The molecule has 192 valence electrons. The highest BCUT2D eigenvalue weighted by Crippen LogP contribution is 2.40. The highest BCUT2D eigenvalue weighted by molar-refractivity contribution is 8.01. The van der Waals surface area contributed by atoms with E-state index in [0.29, 0.717) is 21.0 Å². The van der Waals surface area contributed by atoms with E-state index in [0.717, 1.165) is 39.9 Å². The summed E-state index contributed by atoms with van der Waals surface area (Å²) in [6.45, 7) is 1.58. The van der Waals surface area contributed by atoms with Crippen molar-refractivity contribution in [3.05, 3.63) is 71.3 Å². The van der Waals surface area contributed by atoms with E-state index in [1.165, 1.54) is 37.4 Å². The molecule has 0 atom stereocenters. The Hall–Kier alpha value is -3.71. The van der Waals surface area contributed by atoms with Gasteiger partial charge in [0.15, 0.2) is 5.69 Å². The molecular formula is C24H18F4N4O3S2. The minimum absolute atomic E-state index is 0.00420. The van der Waals surface area contributed by atoms with Crippen LogP contribution >= 0.6 is 23.1 Å². The number of nitrogens with one attached hydrogen (secondary N) is 1. The van der Waals surface area contributed by atoms with Gasteiger partial charge in [0.25, 0.3) is 0 Å². The molecule has 0 saturated carbocycles. The lowest BCUT2D eigenvalue weighted by molar-refractivity contribution is -0.137. The summed E-state index contributed by atoms with van der Waals surface area (Å²) in [4.78, 5) is 28.6. The highest BCUT2D eigenvalue weighted by Gasteiger charge is 2.31. The van der Waals surface area contributed by atoms with Crippen LogP contribution in [0.5, 0.6) is 0 Å². The van der Waals surface area contributed by atoms with E-state index in [1.54, 1.807) is 13.0 Å². The van der Waals surface area contributed by atoms with E-state index in [1.807, 2.05) is 0 Å². The van der Waals surface area contributed by atoms with Crippen molar-refractivity contribution >= 4 is 35.0 Å². The fraction of sp³-hybridized carbons (Fsp3) is 0.167. The number of aromatic nitrogens is 3. The third-order valence-electron chi connectivity index (χ3n) is 5.24. The maximum Gasteiger partial charge on any atom is 0.416 e. The number of aryl methyl sites for hydroxylation is 1. The van der Waals surface area contributed by atoms with Gasteiger partial charge in [0.2, 0.25) is 11.0 Å². The Morgan fingerprint density at radius 3 is 2.43 bits per heavy atom. The minimum Gasteiger partial charge on any atom is -0.476 e. The van der Waals surface area contributed by atoms with Gasteiger partial charge in [-0.2, -0.15) is 23.0 Å². The average molecular weight is 551 g/mol. The largest absolute Gasteiger partial charge is 0.476 e. The van der Waals surface area contributed by atoms with E-state index in [4.69, 9.17) is 0 Å². The molecule has 0 spiro atoms. The number of thiazole rings is 1. The van der Waals surface area contributed by atoms with E-state index in [9.17, 15) is 32.3 Å². The molecule has 2 aromatic heterocycles. The number of carboxylic acids is 1. The van der Waals surface area contributed by atoms with Crippen LogP contribution in [0.25, 0.3) is 27.5 Å². The van der Waals surface area contributed by atoms with Gasteiger partial charge >= 0.3 is 12.1 Å². The lowest BCUT2D eigenvalue weighted by atomic mass is 10.0. The molecule has 0 unspecified atom stereocenters. The molecule has 13 heteroatoms. The topological polar surface area (TPSA) is 97.1 Å². The van der Waals surface area contributed by atoms with Crippen molar-refractivity contribution in [2.75, 3.05) is 12.8 Å². The second kappa shape index (κ2) is 10.3. The first kappa shape index (κ1) is 26.4. The van der Waals surface area contributed by atoms with Crippen molar-refractivity contribution < 1.29 is 32.3 Å². The number of hydrogen-bond acceptors (Lipinski definition) is 6. The average Bonchev–Trinajstić information content (AvgIpc) is 3.43. The molecule has 0 aliphatic rings. The zero-order chi connectivity index (χ0) is 26.9. The van der Waals surface area contributed by atoms with Gasteiger partial charge in [-0.25, -0.2) is 14.2 Å². The molecule has 0 bridgehead atoms. The summed E-state index contributed by atoms with van der Waals surface area (Å²) in [6.07, 6.45) is -4.52. The molecule has 37 heavy (non-hydrogen) atoms. The van der Waals surface area contributed by atoms with Crippen LogP contribution in [-0.2, 0) is 11.0 Å². The third-order valence-corrected chi connectivity index (χ3v) is 7.53. The quantitative estimate of drug-likeness (QED) is 0.228. The Balaban J connectivity index is 1.86. The van der Waals surface area contributed by atoms with Crippen LogP contribution in [0.4, 0.5) is 17.6 Å². The van der Waals surface area contributed by atoms with Gasteiger partial charge in [0.05, 0.1) is 26.9 Å². The molecule has 0 aliphatic heterocycles. The number of carbonyl (C=O) groups excluding carboxylic acids is 1. The number of carbonyl (C=O) groups is 2. The Morgan fingerprint density at radius 1 is 1.14 bits per heavy atom. The SMILES string of the molecule is CNC(=O)CSc1sc(-n2nc(C)c(-c3cccc(F)c3)c2C(=O)O)nc1-c1ccc(C(F)(F)F)cc1. The van der Waals surface area contributed by atoms with Crippen molar-refractivity contribution in [2.45, 2.75) is 17.3 Å². The van der Waals surface area contributed by atoms with Crippen molar-refractivity contribution in [1.82, 2.24) is 20.1 Å². The third kappa shape index (κ3) is 5.52. The Bertz CT molecular complexity index is 1480. The lowest BCUT2D eigenvalue weighted by Crippen LogP contribution is -2.19. The summed E-state index contributed by atoms with van der Waals surface area (Å²) in [5.41, 5.74) is 0.377. The van der Waals surface area contributed by atoms with Gasteiger partial charge in [0.1, 0.15) is 5.82 Å². The van der Waals surface area contributed by atoms with Crippen LogP contribution in [0, 0.1) is 12.7 Å². The molecule has 4 rings (SSSR count). The number of halogens is 4. The predicted octanol–water partition coefficient (Wildman–Crippen LogP) is 5.67. The van der Waals surface area contributed by atoms with Crippen LogP contribution in [0.3, 0.4) is 0 Å². The first-order valence-electron chi connectivity index (χ1n) is 10.6. The van der Waals surface area contributed by atoms with Crippen LogP contribution in [0.1, 0.15) is 21.7 Å². The van der Waals surface area contributed by atoms with E-state index < -0.39 is 23.5 Å². The first-order valence-corrected chi connectivity index (χ1v) is 12.4. The zero-order valence-corrected chi connectivity index (χ0v) is 20.9. The van der Waals surface area contributed by atoms with E-state index in [2.05, 4.69) is 15.4 Å². The molecule has 0 aliphatic carbocycles. The second-order valence-electron chi connectivity index (χ2n) is 7.71. The molecule has 2 N–H and O–H groups in total. The number of hydrogen-bond donors (Lipinski definition) is 2. The lowest BCUT2D eigenvalue weighted by Gasteiger charge is -2.07. The van der Waals surface area contributed by atoms with Gasteiger partial charge in [-0.1, -0.05) is 35.6 Å². The summed E-state index contributed by atoms with van der Waals surface area (Å²) in [6, 6.07) is 9.80. The monoisotopic (exact) mass is 550 g/mol. The van der Waals surface area contributed by atoms with Gasteiger partial charge in [0, 0.05) is 18.2 Å². The summed E-state index contributed by atoms with van der Waals surface area (Å²) >= 11 is 2.14. The number of thioether (sulfide) groups is 1. The summed E-state index contributed by atoms with van der Waals surface area (Å²) in [5.74, 6) is -2.16.